The lowest BCUT2D eigenvalue weighted by Crippen LogP contribution is -2.48. The van der Waals surface area contributed by atoms with Gasteiger partial charge in [0.05, 0.1) is 13.2 Å². The number of nitrogens with two attached hydrogens (primary N) is 1. The van der Waals surface area contributed by atoms with E-state index in [9.17, 15) is 8.42 Å². The summed E-state index contributed by atoms with van der Waals surface area (Å²) in [5.41, 5.74) is 5.93. The molecule has 0 radical (unpaired) electrons. The van der Waals surface area contributed by atoms with Gasteiger partial charge in [-0.15, -0.1) is 0 Å². The van der Waals surface area contributed by atoms with E-state index < -0.39 is 15.4 Å². The normalized spacial score (nSPS) is 24.0. The van der Waals surface area contributed by atoms with Gasteiger partial charge in [0.1, 0.15) is 5.37 Å². The first-order valence-electron chi connectivity index (χ1n) is 8.43. The Hall–Kier alpha value is -0.170. The SMILES string of the molecule is NC(CCCCC1CCCCC1)S(=O)(=O)N1CCOCC1. The monoisotopic (exact) mass is 318 g/mol. The zero-order valence-electron chi connectivity index (χ0n) is 13.0. The standard InChI is InChI=1S/C15H30N2O3S/c16-15(21(18,19)17-10-12-20-13-11-17)9-5-4-8-14-6-2-1-3-7-14/h14-15H,1-13,16H2. The highest BCUT2D eigenvalue weighted by Gasteiger charge is 2.30. The summed E-state index contributed by atoms with van der Waals surface area (Å²) >= 11 is 0. The van der Waals surface area contributed by atoms with Crippen LogP contribution in [0, 0.1) is 5.92 Å². The summed E-state index contributed by atoms with van der Waals surface area (Å²) in [6.07, 6.45) is 10.7. The molecule has 1 aliphatic carbocycles. The van der Waals surface area contributed by atoms with Crippen LogP contribution in [0.4, 0.5) is 0 Å². The minimum Gasteiger partial charge on any atom is -0.379 e. The van der Waals surface area contributed by atoms with E-state index in [1.165, 1.54) is 42.8 Å². The Morgan fingerprint density at radius 2 is 1.76 bits per heavy atom. The predicted octanol–water partition coefficient (Wildman–Crippen LogP) is 2.07. The number of morpholine rings is 1. The molecule has 6 heteroatoms. The topological polar surface area (TPSA) is 72.6 Å². The van der Waals surface area contributed by atoms with Crippen molar-refractivity contribution in [2.75, 3.05) is 26.3 Å². The molecule has 2 rings (SSSR count). The van der Waals surface area contributed by atoms with Crippen LogP contribution in [0.1, 0.15) is 57.8 Å². The summed E-state index contributed by atoms with van der Waals surface area (Å²) in [5, 5.41) is -0.748. The van der Waals surface area contributed by atoms with E-state index in [0.29, 0.717) is 32.7 Å². The van der Waals surface area contributed by atoms with Crippen LogP contribution in [0.2, 0.25) is 0 Å². The van der Waals surface area contributed by atoms with Crippen LogP contribution in [-0.4, -0.2) is 44.4 Å². The molecular weight excluding hydrogens is 288 g/mol. The van der Waals surface area contributed by atoms with Crippen LogP contribution in [-0.2, 0) is 14.8 Å². The van der Waals surface area contributed by atoms with Crippen LogP contribution in [0.25, 0.3) is 0 Å². The highest BCUT2D eigenvalue weighted by molar-refractivity contribution is 7.89. The minimum atomic E-state index is -3.34. The lowest BCUT2D eigenvalue weighted by Gasteiger charge is -2.28. The molecule has 0 aromatic rings. The van der Waals surface area contributed by atoms with Gasteiger partial charge in [-0.3, -0.25) is 0 Å². The van der Waals surface area contributed by atoms with E-state index in [1.807, 2.05) is 0 Å². The van der Waals surface area contributed by atoms with Crippen molar-refractivity contribution in [2.24, 2.45) is 11.7 Å². The molecule has 0 spiro atoms. The molecule has 2 fully saturated rings. The van der Waals surface area contributed by atoms with Crippen molar-refractivity contribution < 1.29 is 13.2 Å². The van der Waals surface area contributed by atoms with Crippen LogP contribution >= 0.6 is 0 Å². The second-order valence-corrected chi connectivity index (χ2v) is 8.54. The Labute approximate surface area is 129 Å². The maximum atomic E-state index is 12.3. The summed E-state index contributed by atoms with van der Waals surface area (Å²) in [5.74, 6) is 0.867. The maximum Gasteiger partial charge on any atom is 0.230 e. The minimum absolute atomic E-state index is 0.443. The molecule has 1 saturated carbocycles. The van der Waals surface area contributed by atoms with Crippen molar-refractivity contribution >= 4 is 10.0 Å². The van der Waals surface area contributed by atoms with Crippen molar-refractivity contribution in [3.8, 4) is 0 Å². The Bertz CT molecular complexity index is 388. The molecule has 1 saturated heterocycles. The molecule has 1 atom stereocenters. The lowest BCUT2D eigenvalue weighted by atomic mass is 9.85. The third-order valence-electron chi connectivity index (χ3n) is 4.79. The first kappa shape index (κ1) is 17.2. The molecule has 0 aromatic carbocycles. The quantitative estimate of drug-likeness (QED) is 0.729. The first-order valence-corrected chi connectivity index (χ1v) is 9.93. The highest BCUT2D eigenvalue weighted by Crippen LogP contribution is 2.28. The van der Waals surface area contributed by atoms with Gasteiger partial charge in [-0.25, -0.2) is 8.42 Å². The van der Waals surface area contributed by atoms with Gasteiger partial charge in [0.25, 0.3) is 0 Å². The molecule has 5 nitrogen and oxygen atoms in total. The molecule has 0 bridgehead atoms. The van der Waals surface area contributed by atoms with E-state index in [2.05, 4.69) is 0 Å². The van der Waals surface area contributed by atoms with Crippen molar-refractivity contribution in [2.45, 2.75) is 63.2 Å². The average Bonchev–Trinajstić information content (AvgIpc) is 2.53. The number of rotatable bonds is 7. The van der Waals surface area contributed by atoms with Crippen molar-refractivity contribution in [3.63, 3.8) is 0 Å². The Morgan fingerprint density at radius 3 is 2.43 bits per heavy atom. The predicted molar refractivity (Wildman–Crippen MR) is 84.3 cm³/mol. The zero-order valence-corrected chi connectivity index (χ0v) is 13.8. The summed E-state index contributed by atoms with van der Waals surface area (Å²) in [4.78, 5) is 0. The summed E-state index contributed by atoms with van der Waals surface area (Å²) in [6, 6.07) is 0. The van der Waals surface area contributed by atoms with Crippen molar-refractivity contribution in [1.29, 1.82) is 0 Å². The number of nitrogens with zero attached hydrogens (tertiary/aromatic N) is 1. The van der Waals surface area contributed by atoms with Crippen LogP contribution in [0.5, 0.6) is 0 Å². The number of unbranched alkanes of at least 4 members (excludes halogenated alkanes) is 1. The van der Waals surface area contributed by atoms with Crippen molar-refractivity contribution in [1.82, 2.24) is 4.31 Å². The van der Waals surface area contributed by atoms with Gasteiger partial charge in [-0.2, -0.15) is 4.31 Å². The molecular formula is C15H30N2O3S. The van der Waals surface area contributed by atoms with Gasteiger partial charge in [0.2, 0.25) is 10.0 Å². The fourth-order valence-corrected chi connectivity index (χ4v) is 4.90. The molecule has 1 unspecified atom stereocenters. The number of ether oxygens (including phenoxy) is 1. The van der Waals surface area contributed by atoms with Gasteiger partial charge in [-0.05, 0) is 12.3 Å². The van der Waals surface area contributed by atoms with Crippen molar-refractivity contribution in [3.05, 3.63) is 0 Å². The lowest BCUT2D eigenvalue weighted by molar-refractivity contribution is 0.0725. The Balaban J connectivity index is 1.66. The van der Waals surface area contributed by atoms with Gasteiger partial charge in [-0.1, -0.05) is 51.4 Å². The average molecular weight is 318 g/mol. The van der Waals surface area contributed by atoms with Gasteiger partial charge in [0.15, 0.2) is 0 Å². The Kier molecular flexibility index (Phi) is 6.92. The first-order chi connectivity index (χ1) is 10.1. The third-order valence-corrected chi connectivity index (χ3v) is 6.87. The zero-order chi connectivity index (χ0) is 15.1. The smallest absolute Gasteiger partial charge is 0.230 e. The van der Waals surface area contributed by atoms with Gasteiger partial charge in [0, 0.05) is 13.1 Å². The van der Waals surface area contributed by atoms with E-state index in [0.717, 1.165) is 18.8 Å². The molecule has 124 valence electrons. The van der Waals surface area contributed by atoms with Crippen LogP contribution in [0.15, 0.2) is 0 Å². The summed E-state index contributed by atoms with van der Waals surface area (Å²) in [7, 11) is -3.34. The fraction of sp³-hybridized carbons (Fsp3) is 1.00. The van der Waals surface area contributed by atoms with E-state index >= 15 is 0 Å². The number of hydrogen-bond donors (Lipinski definition) is 1. The number of hydrogen-bond acceptors (Lipinski definition) is 4. The summed E-state index contributed by atoms with van der Waals surface area (Å²) < 4.78 is 31.3. The van der Waals surface area contributed by atoms with E-state index in [1.54, 1.807) is 0 Å². The van der Waals surface area contributed by atoms with E-state index in [-0.39, 0.29) is 0 Å². The molecule has 21 heavy (non-hydrogen) atoms. The van der Waals surface area contributed by atoms with E-state index in [4.69, 9.17) is 10.5 Å². The van der Waals surface area contributed by atoms with Crippen LogP contribution in [0.3, 0.4) is 0 Å². The highest BCUT2D eigenvalue weighted by atomic mass is 32.2. The second kappa shape index (κ2) is 8.46. The molecule has 2 N–H and O–H groups in total. The second-order valence-electron chi connectivity index (χ2n) is 6.38. The van der Waals surface area contributed by atoms with Crippen LogP contribution < -0.4 is 5.73 Å². The molecule has 1 aliphatic heterocycles. The molecule has 0 amide bonds. The molecule has 0 aromatic heterocycles. The Morgan fingerprint density at radius 1 is 1.10 bits per heavy atom. The largest absolute Gasteiger partial charge is 0.379 e. The third kappa shape index (κ3) is 5.20. The number of sulfonamides is 1. The maximum absolute atomic E-state index is 12.3. The van der Waals surface area contributed by atoms with Gasteiger partial charge < -0.3 is 10.5 Å². The molecule has 1 heterocycles. The molecule has 2 aliphatic rings. The summed E-state index contributed by atoms with van der Waals surface area (Å²) in [6.45, 7) is 1.84. The van der Waals surface area contributed by atoms with Gasteiger partial charge >= 0.3 is 0 Å². The fourth-order valence-electron chi connectivity index (χ4n) is 3.40.